The van der Waals surface area contributed by atoms with Crippen LogP contribution in [0.25, 0.3) is 0 Å². The number of ether oxygens (including phenoxy) is 2. The van der Waals surface area contributed by atoms with E-state index >= 15 is 0 Å². The summed E-state index contributed by atoms with van der Waals surface area (Å²) >= 11 is 16.4. The van der Waals surface area contributed by atoms with Gasteiger partial charge in [-0.3, -0.25) is 0 Å². The molecular weight excluding hydrogens is 441 g/mol. The Kier molecular flexibility index (Phi) is 7.41. The zero-order valence-corrected chi connectivity index (χ0v) is 18.2. The Morgan fingerprint density at radius 1 is 1.23 bits per heavy atom. The average molecular weight is 463 g/mol. The molecule has 26 heavy (non-hydrogen) atoms. The largest absolute Gasteiger partial charge is 0.491 e. The van der Waals surface area contributed by atoms with E-state index in [1.807, 2.05) is 38.9 Å². The highest BCUT2D eigenvalue weighted by molar-refractivity contribution is 9.10. The topological polar surface area (TPSA) is 60.6 Å². The van der Waals surface area contributed by atoms with Crippen LogP contribution < -0.4 is 15.2 Å². The number of aryl methyl sites for hydroxylation is 1. The van der Waals surface area contributed by atoms with Crippen molar-refractivity contribution < 1.29 is 9.47 Å². The summed E-state index contributed by atoms with van der Waals surface area (Å²) < 4.78 is 12.6. The molecule has 1 aromatic carbocycles. The number of hydrogen-bond acceptors (Lipinski definition) is 5. The monoisotopic (exact) mass is 461 g/mol. The second kappa shape index (κ2) is 9.13. The van der Waals surface area contributed by atoms with Crippen LogP contribution in [0.5, 0.6) is 11.5 Å². The van der Waals surface area contributed by atoms with E-state index in [0.717, 1.165) is 16.6 Å². The molecule has 0 fully saturated rings. The maximum absolute atomic E-state index is 6.57. The highest BCUT2D eigenvalue weighted by atomic mass is 79.9. The van der Waals surface area contributed by atoms with Crippen molar-refractivity contribution in [2.45, 2.75) is 20.0 Å². The van der Waals surface area contributed by atoms with E-state index in [4.69, 9.17) is 38.4 Å². The van der Waals surface area contributed by atoms with Crippen LogP contribution in [0.4, 0.5) is 5.82 Å². The molecule has 0 aliphatic carbocycles. The van der Waals surface area contributed by atoms with Crippen molar-refractivity contribution in [3.05, 3.63) is 44.0 Å². The molecule has 0 bridgehead atoms. The van der Waals surface area contributed by atoms with Gasteiger partial charge in [0.1, 0.15) is 18.5 Å². The maximum atomic E-state index is 6.57. The van der Waals surface area contributed by atoms with Gasteiger partial charge in [-0.2, -0.15) is 0 Å². The molecule has 0 saturated heterocycles. The van der Waals surface area contributed by atoms with Crippen molar-refractivity contribution in [3.63, 3.8) is 0 Å². The Bertz CT molecular complexity index is 788. The van der Waals surface area contributed by atoms with E-state index < -0.39 is 6.10 Å². The first-order valence-electron chi connectivity index (χ1n) is 8.04. The summed E-state index contributed by atoms with van der Waals surface area (Å²) in [6, 6.07) is 3.59. The first kappa shape index (κ1) is 21.1. The van der Waals surface area contributed by atoms with E-state index in [2.05, 4.69) is 20.9 Å². The number of nitrogens with two attached hydrogens (primary N) is 1. The molecule has 2 rings (SSSR count). The minimum atomic E-state index is -0.440. The van der Waals surface area contributed by atoms with Gasteiger partial charge < -0.3 is 20.1 Å². The summed E-state index contributed by atoms with van der Waals surface area (Å²) in [5.41, 5.74) is 7.42. The summed E-state index contributed by atoms with van der Waals surface area (Å²) in [6.45, 7) is 5.06. The van der Waals surface area contributed by atoms with Crippen molar-refractivity contribution in [3.8, 4) is 11.5 Å². The minimum Gasteiger partial charge on any atom is -0.491 e. The predicted molar refractivity (Wildman–Crippen MR) is 111 cm³/mol. The van der Waals surface area contributed by atoms with Gasteiger partial charge in [0.05, 0.1) is 10.0 Å². The third-order valence-electron chi connectivity index (χ3n) is 3.74. The number of aromatic nitrogens is 1. The van der Waals surface area contributed by atoms with Crippen molar-refractivity contribution in [2.75, 3.05) is 33.0 Å². The molecule has 0 saturated carbocycles. The van der Waals surface area contributed by atoms with Gasteiger partial charge in [-0.05, 0) is 61.6 Å². The fourth-order valence-corrected chi connectivity index (χ4v) is 3.36. The van der Waals surface area contributed by atoms with E-state index in [9.17, 15) is 0 Å². The van der Waals surface area contributed by atoms with Crippen molar-refractivity contribution in [2.24, 2.45) is 0 Å². The SMILES string of the molecule is Cc1cc(OCCN(C)C)c(Cl)c(C(C)Oc2cc(Br)cnc2N)c1Cl. The van der Waals surface area contributed by atoms with Crippen molar-refractivity contribution in [1.82, 2.24) is 9.88 Å². The zero-order chi connectivity index (χ0) is 19.4. The summed E-state index contributed by atoms with van der Waals surface area (Å²) in [5, 5.41) is 0.984. The smallest absolute Gasteiger partial charge is 0.166 e. The van der Waals surface area contributed by atoms with Crippen LogP contribution in [0.15, 0.2) is 22.8 Å². The van der Waals surface area contributed by atoms with E-state index in [1.54, 1.807) is 12.3 Å². The van der Waals surface area contributed by atoms with Crippen LogP contribution in [0.3, 0.4) is 0 Å². The van der Waals surface area contributed by atoms with Gasteiger partial charge >= 0.3 is 0 Å². The van der Waals surface area contributed by atoms with Crippen LogP contribution >= 0.6 is 39.1 Å². The van der Waals surface area contributed by atoms with Crippen LogP contribution in [-0.2, 0) is 0 Å². The van der Waals surface area contributed by atoms with Crippen LogP contribution in [0.1, 0.15) is 24.2 Å². The molecule has 0 radical (unpaired) electrons. The van der Waals surface area contributed by atoms with Crippen LogP contribution in [-0.4, -0.2) is 37.1 Å². The van der Waals surface area contributed by atoms with Gasteiger partial charge in [0.2, 0.25) is 0 Å². The number of rotatable bonds is 7. The molecule has 0 amide bonds. The van der Waals surface area contributed by atoms with Gasteiger partial charge in [-0.1, -0.05) is 23.2 Å². The first-order chi connectivity index (χ1) is 12.2. The molecule has 1 atom stereocenters. The number of pyridine rings is 1. The molecule has 0 aliphatic rings. The molecule has 2 aromatic rings. The van der Waals surface area contributed by atoms with E-state index in [0.29, 0.717) is 39.5 Å². The maximum Gasteiger partial charge on any atom is 0.166 e. The number of likely N-dealkylation sites (N-methyl/N-ethyl adjacent to an activating group) is 1. The molecule has 2 N–H and O–H groups in total. The standard InChI is InChI=1S/C18H22BrCl2N3O2/c1-10-7-13(25-6-5-24(3)4)17(21)15(16(10)20)11(2)26-14-8-12(19)9-23-18(14)22/h7-9,11H,5-6H2,1-4H3,(H2,22,23). The number of benzene rings is 1. The molecule has 0 aliphatic heterocycles. The van der Waals surface area contributed by atoms with Gasteiger partial charge in [-0.25, -0.2) is 4.98 Å². The van der Waals surface area contributed by atoms with E-state index in [1.165, 1.54) is 0 Å². The lowest BCUT2D eigenvalue weighted by molar-refractivity contribution is 0.225. The number of nitrogens with zero attached hydrogens (tertiary/aromatic N) is 2. The fourth-order valence-electron chi connectivity index (χ4n) is 2.34. The Morgan fingerprint density at radius 2 is 1.92 bits per heavy atom. The van der Waals surface area contributed by atoms with Crippen LogP contribution in [0.2, 0.25) is 10.0 Å². The highest BCUT2D eigenvalue weighted by Crippen LogP contribution is 2.41. The molecule has 1 aromatic heterocycles. The third kappa shape index (κ3) is 5.16. The molecule has 1 heterocycles. The quantitative estimate of drug-likeness (QED) is 0.618. The Hall–Kier alpha value is -1.21. The average Bonchev–Trinajstić information content (AvgIpc) is 2.55. The Morgan fingerprint density at radius 3 is 2.58 bits per heavy atom. The fraction of sp³-hybridized carbons (Fsp3) is 0.389. The zero-order valence-electron chi connectivity index (χ0n) is 15.1. The number of halogens is 3. The minimum absolute atomic E-state index is 0.294. The van der Waals surface area contributed by atoms with Crippen molar-refractivity contribution >= 4 is 44.9 Å². The molecule has 142 valence electrons. The molecular formula is C18H22BrCl2N3O2. The van der Waals surface area contributed by atoms with E-state index in [-0.39, 0.29) is 0 Å². The van der Waals surface area contributed by atoms with Crippen LogP contribution in [0, 0.1) is 6.92 Å². The van der Waals surface area contributed by atoms with Gasteiger partial charge in [-0.15, -0.1) is 0 Å². The summed E-state index contributed by atoms with van der Waals surface area (Å²) in [7, 11) is 3.96. The lowest BCUT2D eigenvalue weighted by Crippen LogP contribution is -2.19. The molecule has 1 unspecified atom stereocenters. The second-order valence-corrected chi connectivity index (χ2v) is 7.85. The lowest BCUT2D eigenvalue weighted by Gasteiger charge is -2.22. The van der Waals surface area contributed by atoms with Gasteiger partial charge in [0, 0.05) is 22.8 Å². The van der Waals surface area contributed by atoms with Gasteiger partial charge in [0.25, 0.3) is 0 Å². The summed E-state index contributed by atoms with van der Waals surface area (Å²) in [5.74, 6) is 1.33. The predicted octanol–water partition coefficient (Wildman–Crippen LogP) is 5.12. The van der Waals surface area contributed by atoms with Crippen molar-refractivity contribution in [1.29, 1.82) is 0 Å². The second-order valence-electron chi connectivity index (χ2n) is 6.18. The third-order valence-corrected chi connectivity index (χ3v) is 5.06. The number of anilines is 1. The highest BCUT2D eigenvalue weighted by Gasteiger charge is 2.22. The Balaban J connectivity index is 2.31. The Labute approximate surface area is 172 Å². The van der Waals surface area contributed by atoms with Gasteiger partial charge in [0.15, 0.2) is 11.6 Å². The lowest BCUT2D eigenvalue weighted by atomic mass is 10.1. The summed E-state index contributed by atoms with van der Waals surface area (Å²) in [6.07, 6.45) is 1.17. The number of nitrogen functional groups attached to an aromatic ring is 1. The number of hydrogen-bond donors (Lipinski definition) is 1. The molecule has 8 heteroatoms. The molecule has 0 spiro atoms. The molecule has 5 nitrogen and oxygen atoms in total. The summed E-state index contributed by atoms with van der Waals surface area (Å²) in [4.78, 5) is 6.11. The normalized spacial score (nSPS) is 12.3. The first-order valence-corrected chi connectivity index (χ1v) is 9.59.